The lowest BCUT2D eigenvalue weighted by atomic mass is 10.5. The van der Waals surface area contributed by atoms with Crippen molar-refractivity contribution in [3.8, 4) is 0 Å². The SMILES string of the molecule is Cc1nc(SCCn2cc(C(=O)O)nn2)n[nH]1. The van der Waals surface area contributed by atoms with Gasteiger partial charge in [-0.15, -0.1) is 10.2 Å². The van der Waals surface area contributed by atoms with Gasteiger partial charge in [0.2, 0.25) is 5.16 Å². The van der Waals surface area contributed by atoms with Crippen LogP contribution >= 0.6 is 11.8 Å². The summed E-state index contributed by atoms with van der Waals surface area (Å²) in [4.78, 5) is 14.7. The number of H-pyrrole nitrogens is 1. The van der Waals surface area contributed by atoms with E-state index in [0.717, 1.165) is 5.82 Å². The first-order valence-electron chi connectivity index (χ1n) is 4.80. The smallest absolute Gasteiger partial charge is 0.358 e. The van der Waals surface area contributed by atoms with Gasteiger partial charge in [-0.25, -0.2) is 9.78 Å². The second-order valence-electron chi connectivity index (χ2n) is 3.22. The predicted octanol–water partition coefficient (Wildman–Crippen LogP) is 0.195. The molecule has 9 heteroatoms. The van der Waals surface area contributed by atoms with Crippen LogP contribution in [0.5, 0.6) is 0 Å². The zero-order chi connectivity index (χ0) is 12.3. The fourth-order valence-corrected chi connectivity index (χ4v) is 1.90. The molecule has 0 unspecified atom stereocenters. The Hall–Kier alpha value is -1.90. The first-order valence-corrected chi connectivity index (χ1v) is 5.79. The van der Waals surface area contributed by atoms with E-state index in [2.05, 4.69) is 25.5 Å². The van der Waals surface area contributed by atoms with Crippen molar-refractivity contribution in [1.29, 1.82) is 0 Å². The normalized spacial score (nSPS) is 10.6. The number of hydrogen-bond donors (Lipinski definition) is 2. The minimum absolute atomic E-state index is 0.0521. The Morgan fingerprint density at radius 3 is 3.06 bits per heavy atom. The first kappa shape index (κ1) is 11.6. The Balaban J connectivity index is 1.83. The van der Waals surface area contributed by atoms with Crippen LogP contribution in [0, 0.1) is 6.92 Å². The van der Waals surface area contributed by atoms with Crippen LogP contribution < -0.4 is 0 Å². The number of hydrogen-bond acceptors (Lipinski definition) is 6. The molecule has 8 nitrogen and oxygen atoms in total. The number of nitrogens with one attached hydrogen (secondary N) is 1. The second-order valence-corrected chi connectivity index (χ2v) is 4.29. The highest BCUT2D eigenvalue weighted by molar-refractivity contribution is 7.99. The number of aromatic amines is 1. The summed E-state index contributed by atoms with van der Waals surface area (Å²) >= 11 is 1.46. The highest BCUT2D eigenvalue weighted by atomic mass is 32.2. The van der Waals surface area contributed by atoms with Crippen molar-refractivity contribution >= 4 is 17.7 Å². The Morgan fingerprint density at radius 2 is 2.47 bits per heavy atom. The van der Waals surface area contributed by atoms with Crippen LogP contribution in [0.2, 0.25) is 0 Å². The summed E-state index contributed by atoms with van der Waals surface area (Å²) in [6.45, 7) is 2.38. The molecule has 0 spiro atoms. The van der Waals surface area contributed by atoms with E-state index in [4.69, 9.17) is 5.11 Å². The second kappa shape index (κ2) is 4.95. The quantitative estimate of drug-likeness (QED) is 0.733. The molecule has 0 amide bonds. The average molecular weight is 254 g/mol. The summed E-state index contributed by atoms with van der Waals surface area (Å²) in [6, 6.07) is 0. The molecule has 0 saturated heterocycles. The minimum atomic E-state index is -1.08. The fourth-order valence-electron chi connectivity index (χ4n) is 1.12. The van der Waals surface area contributed by atoms with E-state index in [0.29, 0.717) is 17.5 Å². The van der Waals surface area contributed by atoms with Crippen LogP contribution in [0.15, 0.2) is 11.4 Å². The van der Waals surface area contributed by atoms with Crippen LogP contribution in [-0.4, -0.2) is 47.0 Å². The highest BCUT2D eigenvalue weighted by Gasteiger charge is 2.08. The largest absolute Gasteiger partial charge is 0.476 e. The number of thioether (sulfide) groups is 1. The molecule has 17 heavy (non-hydrogen) atoms. The van der Waals surface area contributed by atoms with Gasteiger partial charge in [-0.05, 0) is 6.92 Å². The lowest BCUT2D eigenvalue weighted by molar-refractivity contribution is 0.0690. The van der Waals surface area contributed by atoms with Crippen LogP contribution in [0.4, 0.5) is 0 Å². The van der Waals surface area contributed by atoms with Crippen LogP contribution in [0.3, 0.4) is 0 Å². The van der Waals surface area contributed by atoms with Crippen molar-refractivity contribution in [2.45, 2.75) is 18.6 Å². The predicted molar refractivity (Wildman–Crippen MR) is 58.8 cm³/mol. The van der Waals surface area contributed by atoms with E-state index in [9.17, 15) is 4.79 Å². The molecule has 0 aliphatic rings. The van der Waals surface area contributed by atoms with Crippen molar-refractivity contribution in [3.63, 3.8) is 0 Å². The Bertz CT molecular complexity index is 522. The molecule has 0 aliphatic carbocycles. The molecule has 2 N–H and O–H groups in total. The van der Waals surface area contributed by atoms with E-state index in [1.54, 1.807) is 0 Å². The molecule has 0 radical (unpaired) electrons. The number of aryl methyl sites for hydroxylation is 2. The summed E-state index contributed by atoms with van der Waals surface area (Å²) in [7, 11) is 0. The molecule has 90 valence electrons. The Morgan fingerprint density at radius 1 is 1.65 bits per heavy atom. The van der Waals surface area contributed by atoms with Crippen molar-refractivity contribution in [2.24, 2.45) is 0 Å². The molecule has 2 heterocycles. The van der Waals surface area contributed by atoms with E-state index in [1.165, 1.54) is 22.6 Å². The van der Waals surface area contributed by atoms with E-state index in [1.807, 2.05) is 6.92 Å². The van der Waals surface area contributed by atoms with Crippen LogP contribution in [0.1, 0.15) is 16.3 Å². The molecule has 0 aromatic carbocycles. The third-order valence-corrected chi connectivity index (χ3v) is 2.71. The topological polar surface area (TPSA) is 110 Å². The highest BCUT2D eigenvalue weighted by Crippen LogP contribution is 2.11. The standard InChI is InChI=1S/C8H10N6O2S/c1-5-9-8(12-10-5)17-3-2-14-4-6(7(15)16)11-13-14/h4H,2-3H2,1H3,(H,15,16)(H,9,10,12). The maximum atomic E-state index is 10.6. The lowest BCUT2D eigenvalue weighted by Gasteiger charge is -1.96. The van der Waals surface area contributed by atoms with E-state index in [-0.39, 0.29) is 5.69 Å². The van der Waals surface area contributed by atoms with Gasteiger partial charge < -0.3 is 5.11 Å². The number of aromatic nitrogens is 6. The van der Waals surface area contributed by atoms with E-state index >= 15 is 0 Å². The number of carboxylic acids is 1. The molecular weight excluding hydrogens is 244 g/mol. The Labute approximate surface area is 100 Å². The van der Waals surface area contributed by atoms with Crippen molar-refractivity contribution in [1.82, 2.24) is 30.2 Å². The molecule has 0 bridgehead atoms. The number of aromatic carboxylic acids is 1. The van der Waals surface area contributed by atoms with Crippen molar-refractivity contribution in [2.75, 3.05) is 5.75 Å². The summed E-state index contributed by atoms with van der Waals surface area (Å²) in [5.74, 6) is 0.384. The van der Waals surface area contributed by atoms with Gasteiger partial charge in [0, 0.05) is 5.75 Å². The van der Waals surface area contributed by atoms with Gasteiger partial charge in [0.25, 0.3) is 0 Å². The van der Waals surface area contributed by atoms with E-state index < -0.39 is 5.97 Å². The van der Waals surface area contributed by atoms with Crippen molar-refractivity contribution in [3.05, 3.63) is 17.7 Å². The van der Waals surface area contributed by atoms with Gasteiger partial charge >= 0.3 is 5.97 Å². The van der Waals surface area contributed by atoms with Gasteiger partial charge in [0.15, 0.2) is 5.69 Å². The molecular formula is C8H10N6O2S. The number of carboxylic acid groups (broad SMARTS) is 1. The number of nitrogens with zero attached hydrogens (tertiary/aromatic N) is 5. The molecule has 0 atom stereocenters. The zero-order valence-corrected chi connectivity index (χ0v) is 9.81. The fraction of sp³-hybridized carbons (Fsp3) is 0.375. The third-order valence-electron chi connectivity index (χ3n) is 1.89. The summed E-state index contributed by atoms with van der Waals surface area (Å²) in [5, 5.41) is 23.2. The van der Waals surface area contributed by atoms with Crippen LogP contribution in [-0.2, 0) is 6.54 Å². The molecule has 2 aromatic heterocycles. The molecule has 2 aromatic rings. The molecule has 2 rings (SSSR count). The summed E-state index contributed by atoms with van der Waals surface area (Å²) < 4.78 is 1.48. The van der Waals surface area contributed by atoms with Gasteiger partial charge in [-0.3, -0.25) is 9.78 Å². The summed E-state index contributed by atoms with van der Waals surface area (Å²) in [6.07, 6.45) is 1.39. The van der Waals surface area contributed by atoms with Gasteiger partial charge in [0.05, 0.1) is 12.7 Å². The first-order chi connectivity index (χ1) is 8.15. The number of rotatable bonds is 5. The average Bonchev–Trinajstić information content (AvgIpc) is 2.88. The maximum absolute atomic E-state index is 10.6. The summed E-state index contributed by atoms with van der Waals surface area (Å²) in [5.41, 5.74) is -0.0521. The van der Waals surface area contributed by atoms with Crippen molar-refractivity contribution < 1.29 is 9.90 Å². The van der Waals surface area contributed by atoms with Gasteiger partial charge in [0.1, 0.15) is 5.82 Å². The molecule has 0 fully saturated rings. The monoisotopic (exact) mass is 254 g/mol. The van der Waals surface area contributed by atoms with Gasteiger partial charge in [-0.2, -0.15) is 0 Å². The minimum Gasteiger partial charge on any atom is -0.476 e. The lowest BCUT2D eigenvalue weighted by Crippen LogP contribution is -2.01. The molecule has 0 aliphatic heterocycles. The van der Waals surface area contributed by atoms with Crippen LogP contribution in [0.25, 0.3) is 0 Å². The van der Waals surface area contributed by atoms with Gasteiger partial charge in [-0.1, -0.05) is 17.0 Å². The maximum Gasteiger partial charge on any atom is 0.358 e. The zero-order valence-electron chi connectivity index (χ0n) is 8.99. The number of carbonyl (C=O) groups is 1. The third kappa shape index (κ3) is 3.03. The Kier molecular flexibility index (Phi) is 3.38. The molecule has 0 saturated carbocycles.